The van der Waals surface area contributed by atoms with Crippen LogP contribution >= 0.6 is 0 Å². The summed E-state index contributed by atoms with van der Waals surface area (Å²) in [6, 6.07) is 0. The molecule has 0 fully saturated rings. The van der Waals surface area contributed by atoms with Crippen molar-refractivity contribution in [1.82, 2.24) is 9.80 Å². The van der Waals surface area contributed by atoms with Crippen LogP contribution in [0.3, 0.4) is 0 Å². The van der Waals surface area contributed by atoms with Crippen LogP contribution < -0.4 is 0 Å². The minimum atomic E-state index is 0.618. The van der Waals surface area contributed by atoms with Gasteiger partial charge < -0.3 is 9.80 Å². The van der Waals surface area contributed by atoms with Gasteiger partial charge in [-0.2, -0.15) is 0 Å². The molecule has 2 heteroatoms. The molecule has 142 valence electrons. The zero-order valence-corrected chi connectivity index (χ0v) is 16.9. The fraction of sp³-hybridized carbons (Fsp3) is 0.909. The molecule has 0 spiro atoms. The van der Waals surface area contributed by atoms with E-state index in [0.29, 0.717) is 6.17 Å². The summed E-state index contributed by atoms with van der Waals surface area (Å²) < 4.78 is 0. The van der Waals surface area contributed by atoms with Crippen molar-refractivity contribution in [3.63, 3.8) is 0 Å². The van der Waals surface area contributed by atoms with Gasteiger partial charge in [0, 0.05) is 26.0 Å². The summed E-state index contributed by atoms with van der Waals surface area (Å²) >= 11 is 0. The van der Waals surface area contributed by atoms with Crippen LogP contribution in [0.4, 0.5) is 0 Å². The molecule has 0 saturated carbocycles. The van der Waals surface area contributed by atoms with Crippen LogP contribution in [0.15, 0.2) is 12.4 Å². The first kappa shape index (κ1) is 21.4. The van der Waals surface area contributed by atoms with Crippen molar-refractivity contribution in [2.45, 2.75) is 116 Å². The Morgan fingerprint density at radius 1 is 0.625 bits per heavy atom. The maximum Gasteiger partial charge on any atom is 0.100 e. The fourth-order valence-electron chi connectivity index (χ4n) is 3.79. The second-order valence-electron chi connectivity index (χ2n) is 7.71. The van der Waals surface area contributed by atoms with Crippen molar-refractivity contribution in [3.8, 4) is 0 Å². The molecule has 0 aromatic rings. The molecule has 1 rings (SSSR count). The smallest absolute Gasteiger partial charge is 0.100 e. The predicted molar refractivity (Wildman–Crippen MR) is 108 cm³/mol. The van der Waals surface area contributed by atoms with E-state index in [4.69, 9.17) is 0 Å². The van der Waals surface area contributed by atoms with Crippen molar-refractivity contribution >= 4 is 0 Å². The molecule has 1 aliphatic heterocycles. The van der Waals surface area contributed by atoms with Gasteiger partial charge >= 0.3 is 0 Å². The van der Waals surface area contributed by atoms with Crippen LogP contribution in [0.25, 0.3) is 0 Å². The van der Waals surface area contributed by atoms with Gasteiger partial charge in [-0.1, -0.05) is 97.3 Å². The van der Waals surface area contributed by atoms with Gasteiger partial charge in [-0.25, -0.2) is 0 Å². The molecule has 2 nitrogen and oxygen atoms in total. The molecule has 1 aliphatic rings. The van der Waals surface area contributed by atoms with Gasteiger partial charge in [0.15, 0.2) is 0 Å². The van der Waals surface area contributed by atoms with Crippen molar-refractivity contribution in [2.75, 3.05) is 13.6 Å². The summed E-state index contributed by atoms with van der Waals surface area (Å²) in [7, 11) is 2.21. The van der Waals surface area contributed by atoms with Crippen molar-refractivity contribution in [2.24, 2.45) is 0 Å². The molecule has 0 saturated heterocycles. The molecule has 1 atom stereocenters. The van der Waals surface area contributed by atoms with E-state index in [2.05, 4.69) is 43.1 Å². The summed E-state index contributed by atoms with van der Waals surface area (Å²) in [6.07, 6.45) is 26.4. The van der Waals surface area contributed by atoms with E-state index in [9.17, 15) is 0 Å². The highest BCUT2D eigenvalue weighted by Gasteiger charge is 2.21. The third kappa shape index (κ3) is 9.59. The minimum Gasteiger partial charge on any atom is -0.359 e. The number of unbranched alkanes of at least 4 members (excludes halogenated alkanes) is 12. The summed E-state index contributed by atoms with van der Waals surface area (Å²) in [6.45, 7) is 5.82. The Bertz CT molecular complexity index is 300. The largest absolute Gasteiger partial charge is 0.359 e. The van der Waals surface area contributed by atoms with Gasteiger partial charge in [-0.05, 0) is 12.8 Å². The predicted octanol–water partition coefficient (Wildman–Crippen LogP) is 6.92. The highest BCUT2D eigenvalue weighted by atomic mass is 15.4. The quantitative estimate of drug-likeness (QED) is 0.282. The highest BCUT2D eigenvalue weighted by molar-refractivity contribution is 4.95. The van der Waals surface area contributed by atoms with E-state index in [0.717, 1.165) is 0 Å². The average Bonchev–Trinajstić information content (AvgIpc) is 2.93. The average molecular weight is 337 g/mol. The molecule has 0 aliphatic carbocycles. The number of hydrogen-bond donors (Lipinski definition) is 0. The van der Waals surface area contributed by atoms with E-state index in [-0.39, 0.29) is 0 Å². The Morgan fingerprint density at radius 2 is 1.12 bits per heavy atom. The second-order valence-corrected chi connectivity index (χ2v) is 7.71. The van der Waals surface area contributed by atoms with Gasteiger partial charge in [-0.15, -0.1) is 0 Å². The van der Waals surface area contributed by atoms with Crippen molar-refractivity contribution < 1.29 is 0 Å². The lowest BCUT2D eigenvalue weighted by molar-refractivity contribution is 0.162. The lowest BCUT2D eigenvalue weighted by Gasteiger charge is -2.30. The zero-order valence-electron chi connectivity index (χ0n) is 16.9. The van der Waals surface area contributed by atoms with E-state index in [1.54, 1.807) is 0 Å². The molecule has 24 heavy (non-hydrogen) atoms. The minimum absolute atomic E-state index is 0.618. The van der Waals surface area contributed by atoms with E-state index in [1.807, 2.05) is 0 Å². The van der Waals surface area contributed by atoms with Crippen molar-refractivity contribution in [3.05, 3.63) is 12.4 Å². The topological polar surface area (TPSA) is 6.48 Å². The Labute approximate surface area is 152 Å². The molecular formula is C22H44N2. The van der Waals surface area contributed by atoms with Crippen LogP contribution in [-0.2, 0) is 0 Å². The molecule has 0 N–H and O–H groups in total. The Hall–Kier alpha value is -0.660. The Morgan fingerprint density at radius 3 is 1.62 bits per heavy atom. The third-order valence-corrected chi connectivity index (χ3v) is 5.41. The fourth-order valence-corrected chi connectivity index (χ4v) is 3.79. The first-order valence-electron chi connectivity index (χ1n) is 11.0. The van der Waals surface area contributed by atoms with Gasteiger partial charge in [0.05, 0.1) is 0 Å². The normalized spacial score (nSPS) is 17.2. The molecule has 0 aromatic carbocycles. The van der Waals surface area contributed by atoms with Gasteiger partial charge in [0.1, 0.15) is 6.17 Å². The highest BCUT2D eigenvalue weighted by Crippen LogP contribution is 2.19. The maximum atomic E-state index is 2.54. The maximum absolute atomic E-state index is 2.54. The molecule has 0 amide bonds. The molecule has 0 aromatic heterocycles. The van der Waals surface area contributed by atoms with Crippen LogP contribution in [0, 0.1) is 0 Å². The lowest BCUT2D eigenvalue weighted by Crippen LogP contribution is -2.36. The van der Waals surface area contributed by atoms with Gasteiger partial charge in [-0.3, -0.25) is 0 Å². The second kappa shape index (κ2) is 14.7. The van der Waals surface area contributed by atoms with Gasteiger partial charge in [0.25, 0.3) is 0 Å². The van der Waals surface area contributed by atoms with E-state index < -0.39 is 0 Å². The molecule has 0 bridgehead atoms. The van der Waals surface area contributed by atoms with E-state index >= 15 is 0 Å². The number of rotatable bonds is 16. The molecular weight excluding hydrogens is 292 g/mol. The third-order valence-electron chi connectivity index (χ3n) is 5.41. The first-order chi connectivity index (χ1) is 11.8. The zero-order chi connectivity index (χ0) is 17.5. The van der Waals surface area contributed by atoms with Crippen molar-refractivity contribution in [1.29, 1.82) is 0 Å². The van der Waals surface area contributed by atoms with Gasteiger partial charge in [0.2, 0.25) is 0 Å². The molecule has 1 unspecified atom stereocenters. The number of nitrogens with zero attached hydrogens (tertiary/aromatic N) is 2. The van der Waals surface area contributed by atoms with E-state index in [1.165, 1.54) is 103 Å². The van der Waals surface area contributed by atoms with Crippen LogP contribution in [-0.4, -0.2) is 29.6 Å². The molecule has 1 heterocycles. The lowest BCUT2D eigenvalue weighted by atomic mass is 10.0. The summed E-state index contributed by atoms with van der Waals surface area (Å²) in [5, 5.41) is 0. The monoisotopic (exact) mass is 336 g/mol. The Kier molecular flexibility index (Phi) is 13.1. The van der Waals surface area contributed by atoms with Crippen LogP contribution in [0.1, 0.15) is 110 Å². The summed E-state index contributed by atoms with van der Waals surface area (Å²) in [4.78, 5) is 4.91. The summed E-state index contributed by atoms with van der Waals surface area (Å²) in [5.74, 6) is 0. The molecule has 0 radical (unpaired) electrons. The van der Waals surface area contributed by atoms with Crippen LogP contribution in [0.2, 0.25) is 0 Å². The first-order valence-corrected chi connectivity index (χ1v) is 11.0. The SMILES string of the molecule is CCCCCCCCCCCCCCCN1C=CN(C)C1CCC. The van der Waals surface area contributed by atoms with Crippen LogP contribution in [0.5, 0.6) is 0 Å². The summed E-state index contributed by atoms with van der Waals surface area (Å²) in [5.41, 5.74) is 0. The number of hydrogen-bond acceptors (Lipinski definition) is 2. The standard InChI is InChI=1S/C22H44N2/c1-4-6-7-8-9-10-11-12-13-14-15-16-17-19-24-21-20-23(3)22(24)18-5-2/h20-22H,4-19H2,1-3H3. The Balaban J connectivity index is 1.85.